The SMILES string of the molecule is CN1CCc2nc(NC(=O)c3ccnn3C)sc2C1.Cl. The second-order valence-corrected chi connectivity index (χ2v) is 5.75. The first-order valence-corrected chi connectivity index (χ1v) is 6.91. The van der Waals surface area contributed by atoms with Gasteiger partial charge in [0.1, 0.15) is 5.69 Å². The Labute approximate surface area is 127 Å². The number of hydrogen-bond donors (Lipinski definition) is 1. The number of hydrogen-bond acceptors (Lipinski definition) is 5. The Bertz CT molecular complexity index is 623. The fraction of sp³-hybridized carbons (Fsp3) is 0.417. The molecule has 1 aliphatic heterocycles. The first-order chi connectivity index (χ1) is 9.13. The number of likely N-dealkylation sites (N-methyl/N-ethyl adjacent to an activating group) is 1. The summed E-state index contributed by atoms with van der Waals surface area (Å²) < 4.78 is 1.55. The molecule has 20 heavy (non-hydrogen) atoms. The molecule has 1 amide bonds. The normalized spacial score (nSPS) is 14.5. The molecule has 0 unspecified atom stereocenters. The van der Waals surface area contributed by atoms with Crippen LogP contribution < -0.4 is 5.32 Å². The fourth-order valence-electron chi connectivity index (χ4n) is 2.13. The maximum atomic E-state index is 12.1. The Hall–Kier alpha value is -1.44. The Balaban J connectivity index is 0.00000147. The minimum atomic E-state index is -0.167. The lowest BCUT2D eigenvalue weighted by atomic mass is 10.2. The highest BCUT2D eigenvalue weighted by atomic mass is 35.5. The molecule has 3 heterocycles. The van der Waals surface area contributed by atoms with Crippen LogP contribution in [0.5, 0.6) is 0 Å². The number of carbonyl (C=O) groups is 1. The molecule has 6 nitrogen and oxygen atoms in total. The second kappa shape index (κ2) is 5.90. The summed E-state index contributed by atoms with van der Waals surface area (Å²) in [5.74, 6) is -0.167. The van der Waals surface area contributed by atoms with Crippen molar-refractivity contribution in [2.24, 2.45) is 7.05 Å². The Morgan fingerprint density at radius 2 is 2.25 bits per heavy atom. The number of aryl methyl sites for hydroxylation is 1. The smallest absolute Gasteiger partial charge is 0.275 e. The molecular weight excluding hydrogens is 298 g/mol. The van der Waals surface area contributed by atoms with Crippen LogP contribution >= 0.6 is 23.7 Å². The van der Waals surface area contributed by atoms with Gasteiger partial charge in [0, 0.05) is 37.6 Å². The van der Waals surface area contributed by atoms with Crippen LogP contribution in [0.2, 0.25) is 0 Å². The van der Waals surface area contributed by atoms with Crippen LogP contribution in [0.25, 0.3) is 0 Å². The number of rotatable bonds is 2. The molecule has 0 fully saturated rings. The molecule has 0 bridgehead atoms. The number of nitrogens with zero attached hydrogens (tertiary/aromatic N) is 4. The minimum absolute atomic E-state index is 0. The van der Waals surface area contributed by atoms with E-state index in [9.17, 15) is 4.79 Å². The summed E-state index contributed by atoms with van der Waals surface area (Å²) in [6, 6.07) is 1.69. The Morgan fingerprint density at radius 3 is 2.95 bits per heavy atom. The van der Waals surface area contributed by atoms with E-state index < -0.39 is 0 Å². The fourth-order valence-corrected chi connectivity index (χ4v) is 3.22. The number of amides is 1. The maximum absolute atomic E-state index is 12.1. The summed E-state index contributed by atoms with van der Waals surface area (Å²) in [6.07, 6.45) is 2.56. The zero-order chi connectivity index (χ0) is 13.4. The van der Waals surface area contributed by atoms with E-state index in [0.29, 0.717) is 10.8 Å². The molecule has 2 aromatic heterocycles. The van der Waals surface area contributed by atoms with Gasteiger partial charge in [0.15, 0.2) is 5.13 Å². The van der Waals surface area contributed by atoms with E-state index in [1.807, 2.05) is 0 Å². The third-order valence-corrected chi connectivity index (χ3v) is 4.19. The molecule has 0 saturated carbocycles. The van der Waals surface area contributed by atoms with E-state index in [0.717, 1.165) is 25.2 Å². The van der Waals surface area contributed by atoms with Gasteiger partial charge < -0.3 is 4.90 Å². The lowest BCUT2D eigenvalue weighted by Crippen LogP contribution is -2.25. The number of halogens is 1. The van der Waals surface area contributed by atoms with Crippen LogP contribution in [-0.2, 0) is 20.0 Å². The zero-order valence-electron chi connectivity index (χ0n) is 11.3. The number of carbonyl (C=O) groups excluding carboxylic acids is 1. The van der Waals surface area contributed by atoms with Gasteiger partial charge in [-0.15, -0.1) is 23.7 Å². The lowest BCUT2D eigenvalue weighted by Gasteiger charge is -2.20. The summed E-state index contributed by atoms with van der Waals surface area (Å²) >= 11 is 1.56. The Kier molecular flexibility index (Phi) is 4.42. The van der Waals surface area contributed by atoms with Crippen molar-refractivity contribution in [3.8, 4) is 0 Å². The van der Waals surface area contributed by atoms with Gasteiger partial charge in [-0.1, -0.05) is 0 Å². The van der Waals surface area contributed by atoms with Gasteiger partial charge in [0.25, 0.3) is 5.91 Å². The topological polar surface area (TPSA) is 63.1 Å². The van der Waals surface area contributed by atoms with Gasteiger partial charge in [-0.2, -0.15) is 5.10 Å². The van der Waals surface area contributed by atoms with E-state index in [1.165, 1.54) is 4.88 Å². The van der Waals surface area contributed by atoms with Crippen LogP contribution in [0.15, 0.2) is 12.3 Å². The molecule has 0 radical (unpaired) electrons. The van der Waals surface area contributed by atoms with Crippen molar-refractivity contribution >= 4 is 34.8 Å². The van der Waals surface area contributed by atoms with Gasteiger partial charge in [0.05, 0.1) is 5.69 Å². The van der Waals surface area contributed by atoms with Crippen LogP contribution in [0, 0.1) is 0 Å². The molecule has 0 aliphatic carbocycles. The van der Waals surface area contributed by atoms with Crippen molar-refractivity contribution in [2.45, 2.75) is 13.0 Å². The second-order valence-electron chi connectivity index (χ2n) is 4.67. The predicted octanol–water partition coefficient (Wildman–Crippen LogP) is 1.54. The largest absolute Gasteiger partial charge is 0.301 e. The average Bonchev–Trinajstić information content (AvgIpc) is 2.94. The molecular formula is C12H16ClN5OS. The van der Waals surface area contributed by atoms with Gasteiger partial charge in [-0.3, -0.25) is 14.8 Å². The van der Waals surface area contributed by atoms with Crippen molar-refractivity contribution in [3.63, 3.8) is 0 Å². The van der Waals surface area contributed by atoms with E-state index in [-0.39, 0.29) is 18.3 Å². The summed E-state index contributed by atoms with van der Waals surface area (Å²) in [7, 11) is 3.84. The van der Waals surface area contributed by atoms with E-state index in [1.54, 1.807) is 35.3 Å². The number of aromatic nitrogens is 3. The first kappa shape index (κ1) is 15.0. The minimum Gasteiger partial charge on any atom is -0.301 e. The monoisotopic (exact) mass is 313 g/mol. The van der Waals surface area contributed by atoms with E-state index in [2.05, 4.69) is 27.3 Å². The Morgan fingerprint density at radius 1 is 1.45 bits per heavy atom. The highest BCUT2D eigenvalue weighted by Crippen LogP contribution is 2.27. The zero-order valence-corrected chi connectivity index (χ0v) is 12.9. The van der Waals surface area contributed by atoms with Crippen LogP contribution in [0.1, 0.15) is 21.1 Å². The summed E-state index contributed by atoms with van der Waals surface area (Å²) in [4.78, 5) is 20.1. The summed E-state index contributed by atoms with van der Waals surface area (Å²) in [6.45, 7) is 1.93. The molecule has 2 aromatic rings. The number of nitrogens with one attached hydrogen (secondary N) is 1. The average molecular weight is 314 g/mol. The molecule has 8 heteroatoms. The van der Waals surface area contributed by atoms with Crippen molar-refractivity contribution in [1.29, 1.82) is 0 Å². The van der Waals surface area contributed by atoms with Crippen molar-refractivity contribution in [2.75, 3.05) is 18.9 Å². The summed E-state index contributed by atoms with van der Waals surface area (Å²) in [5, 5.41) is 7.51. The molecule has 0 saturated heterocycles. The van der Waals surface area contributed by atoms with Crippen LogP contribution in [-0.4, -0.2) is 39.2 Å². The molecule has 3 rings (SSSR count). The van der Waals surface area contributed by atoms with E-state index in [4.69, 9.17) is 0 Å². The lowest BCUT2D eigenvalue weighted by molar-refractivity contribution is 0.101. The van der Waals surface area contributed by atoms with Gasteiger partial charge in [-0.05, 0) is 13.1 Å². The van der Waals surface area contributed by atoms with Crippen LogP contribution in [0.3, 0.4) is 0 Å². The van der Waals surface area contributed by atoms with E-state index >= 15 is 0 Å². The molecule has 108 valence electrons. The maximum Gasteiger partial charge on any atom is 0.275 e. The summed E-state index contributed by atoms with van der Waals surface area (Å²) in [5.41, 5.74) is 1.65. The number of anilines is 1. The quantitative estimate of drug-likeness (QED) is 0.913. The van der Waals surface area contributed by atoms with Gasteiger partial charge >= 0.3 is 0 Å². The molecule has 0 atom stereocenters. The number of fused-ring (bicyclic) bond motifs is 1. The molecule has 1 aliphatic rings. The standard InChI is InChI=1S/C12H15N5OS.ClH/c1-16-6-4-8-10(7-16)19-12(14-8)15-11(18)9-3-5-13-17(9)2;/h3,5H,4,6-7H2,1-2H3,(H,14,15,18);1H. The molecule has 0 aromatic carbocycles. The highest BCUT2D eigenvalue weighted by molar-refractivity contribution is 7.15. The third-order valence-electron chi connectivity index (χ3n) is 3.20. The van der Waals surface area contributed by atoms with Crippen molar-refractivity contribution < 1.29 is 4.79 Å². The molecule has 0 spiro atoms. The third kappa shape index (κ3) is 2.84. The van der Waals surface area contributed by atoms with Crippen molar-refractivity contribution in [3.05, 3.63) is 28.5 Å². The van der Waals surface area contributed by atoms with Crippen LogP contribution in [0.4, 0.5) is 5.13 Å². The van der Waals surface area contributed by atoms with Crippen molar-refractivity contribution in [1.82, 2.24) is 19.7 Å². The van der Waals surface area contributed by atoms with Gasteiger partial charge in [-0.25, -0.2) is 4.98 Å². The first-order valence-electron chi connectivity index (χ1n) is 6.10. The number of thiazole rings is 1. The van der Waals surface area contributed by atoms with Gasteiger partial charge in [0.2, 0.25) is 0 Å². The molecule has 1 N–H and O–H groups in total. The highest BCUT2D eigenvalue weighted by Gasteiger charge is 2.20. The predicted molar refractivity (Wildman–Crippen MR) is 80.6 cm³/mol.